The number of ether oxygens (including phenoxy) is 1. The Bertz CT molecular complexity index is 365. The van der Waals surface area contributed by atoms with Gasteiger partial charge in [0.05, 0.1) is 12.1 Å². The van der Waals surface area contributed by atoms with Crippen LogP contribution >= 0.6 is 0 Å². The van der Waals surface area contributed by atoms with Crippen molar-refractivity contribution in [3.63, 3.8) is 0 Å². The largest absolute Gasteiger partial charge is 0.380 e. The molecule has 0 aliphatic carbocycles. The molecule has 114 valence electrons. The highest BCUT2D eigenvalue weighted by Gasteiger charge is 2.34. The van der Waals surface area contributed by atoms with E-state index in [-0.39, 0.29) is 29.9 Å². The fraction of sp³-hybridized carbons (Fsp3) is 0.857. The van der Waals surface area contributed by atoms with Gasteiger partial charge in [0.2, 0.25) is 11.8 Å². The van der Waals surface area contributed by atoms with Crippen LogP contribution in [0, 0.1) is 5.92 Å². The van der Waals surface area contributed by atoms with Crippen LogP contribution < -0.4 is 5.32 Å². The van der Waals surface area contributed by atoms with Crippen LogP contribution in [0.4, 0.5) is 0 Å². The second kappa shape index (κ2) is 6.54. The summed E-state index contributed by atoms with van der Waals surface area (Å²) < 4.78 is 5.27. The van der Waals surface area contributed by atoms with Crippen molar-refractivity contribution in [2.75, 3.05) is 39.8 Å². The van der Waals surface area contributed by atoms with E-state index in [0.29, 0.717) is 26.2 Å². The van der Waals surface area contributed by atoms with Crippen LogP contribution in [0.3, 0.4) is 0 Å². The number of nitrogens with zero attached hydrogens (tertiary/aromatic N) is 2. The smallest absolute Gasteiger partial charge is 0.239 e. The molecule has 2 unspecified atom stereocenters. The third-order valence-electron chi connectivity index (χ3n) is 4.12. The van der Waals surface area contributed by atoms with Crippen molar-refractivity contribution in [2.24, 2.45) is 5.92 Å². The molecule has 0 spiro atoms. The first-order valence-corrected chi connectivity index (χ1v) is 7.36. The molecule has 0 aromatic carbocycles. The molecule has 0 bridgehead atoms. The van der Waals surface area contributed by atoms with E-state index < -0.39 is 0 Å². The summed E-state index contributed by atoms with van der Waals surface area (Å²) in [6.07, 6.45) is 0.869. The van der Waals surface area contributed by atoms with E-state index in [4.69, 9.17) is 4.74 Å². The van der Waals surface area contributed by atoms with Crippen LogP contribution in [0.15, 0.2) is 0 Å². The molecule has 2 aliphatic rings. The lowest BCUT2D eigenvalue weighted by Crippen LogP contribution is -2.54. The molecular weight excluding hydrogens is 258 g/mol. The minimum Gasteiger partial charge on any atom is -0.380 e. The summed E-state index contributed by atoms with van der Waals surface area (Å²) in [4.78, 5) is 28.0. The summed E-state index contributed by atoms with van der Waals surface area (Å²) >= 11 is 0. The van der Waals surface area contributed by atoms with Crippen molar-refractivity contribution >= 4 is 11.8 Å². The average molecular weight is 283 g/mol. The second-order valence-corrected chi connectivity index (χ2v) is 5.86. The molecule has 2 amide bonds. The lowest BCUT2D eigenvalue weighted by atomic mass is 10.1. The minimum absolute atomic E-state index is 0.0243. The first kappa shape index (κ1) is 15.3. The summed E-state index contributed by atoms with van der Waals surface area (Å²) in [6.45, 7) is 7.10. The first-order chi connectivity index (χ1) is 9.52. The van der Waals surface area contributed by atoms with E-state index in [0.717, 1.165) is 13.0 Å². The lowest BCUT2D eigenvalue weighted by Gasteiger charge is -2.36. The van der Waals surface area contributed by atoms with E-state index in [1.807, 2.05) is 23.6 Å². The van der Waals surface area contributed by atoms with E-state index in [9.17, 15) is 9.59 Å². The Morgan fingerprint density at radius 2 is 1.75 bits per heavy atom. The maximum atomic E-state index is 12.4. The predicted octanol–water partition coefficient (Wildman–Crippen LogP) is -0.310. The first-order valence-electron chi connectivity index (χ1n) is 7.36. The quantitative estimate of drug-likeness (QED) is 0.772. The maximum Gasteiger partial charge on any atom is 0.239 e. The minimum atomic E-state index is -0.132. The molecule has 2 heterocycles. The van der Waals surface area contributed by atoms with Crippen molar-refractivity contribution in [2.45, 2.75) is 32.4 Å². The zero-order valence-electron chi connectivity index (χ0n) is 12.6. The lowest BCUT2D eigenvalue weighted by molar-refractivity contribution is -0.142. The van der Waals surface area contributed by atoms with Crippen LogP contribution in [0.5, 0.6) is 0 Å². The molecule has 2 rings (SSSR count). The highest BCUT2D eigenvalue weighted by molar-refractivity contribution is 5.83. The van der Waals surface area contributed by atoms with E-state index in [1.165, 1.54) is 0 Å². The fourth-order valence-electron chi connectivity index (χ4n) is 2.80. The van der Waals surface area contributed by atoms with E-state index >= 15 is 0 Å². The number of rotatable bonds is 3. The Morgan fingerprint density at radius 1 is 1.15 bits per heavy atom. The van der Waals surface area contributed by atoms with Gasteiger partial charge in [-0.15, -0.1) is 0 Å². The van der Waals surface area contributed by atoms with Gasteiger partial charge in [-0.05, 0) is 6.42 Å². The topological polar surface area (TPSA) is 61.9 Å². The van der Waals surface area contributed by atoms with Gasteiger partial charge >= 0.3 is 0 Å². The summed E-state index contributed by atoms with van der Waals surface area (Å²) in [5, 5.41) is 3.21. The molecule has 0 aromatic rings. The molecule has 6 nitrogen and oxygen atoms in total. The van der Waals surface area contributed by atoms with Crippen LogP contribution in [0.1, 0.15) is 20.3 Å². The molecule has 2 aliphatic heterocycles. The molecule has 2 atom stereocenters. The zero-order valence-corrected chi connectivity index (χ0v) is 12.6. The Hall–Kier alpha value is -1.14. The van der Waals surface area contributed by atoms with Gasteiger partial charge in [-0.3, -0.25) is 9.59 Å². The maximum absolute atomic E-state index is 12.4. The molecular formula is C14H25N3O3. The van der Waals surface area contributed by atoms with Crippen LogP contribution in [0.2, 0.25) is 0 Å². The molecule has 20 heavy (non-hydrogen) atoms. The monoisotopic (exact) mass is 283 g/mol. The molecule has 0 aromatic heterocycles. The van der Waals surface area contributed by atoms with Crippen LogP contribution in [-0.2, 0) is 14.3 Å². The number of amides is 2. The Balaban J connectivity index is 1.82. The number of carbonyl (C=O) groups excluding carboxylic acids is 2. The number of piperazine rings is 1. The predicted molar refractivity (Wildman–Crippen MR) is 75.2 cm³/mol. The van der Waals surface area contributed by atoms with Gasteiger partial charge in [0.1, 0.15) is 0 Å². The van der Waals surface area contributed by atoms with Gasteiger partial charge in [0.15, 0.2) is 0 Å². The highest BCUT2D eigenvalue weighted by atomic mass is 16.5. The van der Waals surface area contributed by atoms with Crippen molar-refractivity contribution < 1.29 is 14.3 Å². The molecule has 1 N–H and O–H groups in total. The molecule has 0 radical (unpaired) electrons. The number of hydrogen-bond donors (Lipinski definition) is 1. The van der Waals surface area contributed by atoms with Crippen molar-refractivity contribution in [3.05, 3.63) is 0 Å². The standard InChI is InChI=1S/C14H25N3O3/c1-10(2)13(18)16-4-6-17(7-5-16)14(19)12-8-11(20-3)9-15-12/h10-12,15H,4-9H2,1-3H3. The van der Waals surface area contributed by atoms with E-state index in [1.54, 1.807) is 7.11 Å². The van der Waals surface area contributed by atoms with Gasteiger partial charge in [-0.25, -0.2) is 0 Å². The SMILES string of the molecule is COC1CNC(C(=O)N2CCN(C(=O)C(C)C)CC2)C1. The van der Waals surface area contributed by atoms with Gasteiger partial charge < -0.3 is 19.9 Å². The molecule has 6 heteroatoms. The normalized spacial score (nSPS) is 27.2. The molecule has 2 fully saturated rings. The summed E-state index contributed by atoms with van der Waals surface area (Å²) in [5.41, 5.74) is 0. The van der Waals surface area contributed by atoms with Gasteiger partial charge in [0.25, 0.3) is 0 Å². The van der Waals surface area contributed by atoms with Crippen LogP contribution in [0.25, 0.3) is 0 Å². The number of hydrogen-bond acceptors (Lipinski definition) is 4. The molecule has 2 saturated heterocycles. The van der Waals surface area contributed by atoms with Crippen LogP contribution in [-0.4, -0.2) is 73.6 Å². The Labute approximate surface area is 120 Å². The summed E-state index contributed by atoms with van der Waals surface area (Å²) in [6, 6.07) is -0.132. The Kier molecular flexibility index (Phi) is 4.99. The fourth-order valence-corrected chi connectivity index (χ4v) is 2.80. The number of nitrogens with one attached hydrogen (secondary N) is 1. The third kappa shape index (κ3) is 3.30. The second-order valence-electron chi connectivity index (χ2n) is 5.86. The van der Waals surface area contributed by atoms with Crippen molar-refractivity contribution in [1.82, 2.24) is 15.1 Å². The summed E-state index contributed by atoms with van der Waals surface area (Å²) in [5.74, 6) is 0.341. The van der Waals surface area contributed by atoms with Gasteiger partial charge in [0, 0.05) is 45.8 Å². The number of carbonyl (C=O) groups is 2. The number of methoxy groups -OCH3 is 1. The van der Waals surface area contributed by atoms with Gasteiger partial charge in [-0.1, -0.05) is 13.8 Å². The average Bonchev–Trinajstić information content (AvgIpc) is 2.94. The third-order valence-corrected chi connectivity index (χ3v) is 4.12. The molecule has 0 saturated carbocycles. The van der Waals surface area contributed by atoms with E-state index in [2.05, 4.69) is 5.32 Å². The Morgan fingerprint density at radius 3 is 2.25 bits per heavy atom. The van der Waals surface area contributed by atoms with Crippen molar-refractivity contribution in [1.29, 1.82) is 0 Å². The van der Waals surface area contributed by atoms with Gasteiger partial charge in [-0.2, -0.15) is 0 Å². The van der Waals surface area contributed by atoms with Crippen molar-refractivity contribution in [3.8, 4) is 0 Å². The summed E-state index contributed by atoms with van der Waals surface area (Å²) in [7, 11) is 1.68. The highest BCUT2D eigenvalue weighted by Crippen LogP contribution is 2.14. The zero-order chi connectivity index (χ0) is 14.7.